The number of methoxy groups -OCH3 is 3. The van der Waals surface area contributed by atoms with Gasteiger partial charge in [-0.2, -0.15) is 0 Å². The van der Waals surface area contributed by atoms with Crippen LogP contribution in [0.25, 0.3) is 5.57 Å². The first-order valence-electron chi connectivity index (χ1n) is 10.2. The first kappa shape index (κ1) is 21.1. The van der Waals surface area contributed by atoms with Crippen LogP contribution < -0.4 is 38.9 Å². The Morgan fingerprint density at radius 2 is 1.70 bits per heavy atom. The van der Waals surface area contributed by atoms with Crippen molar-refractivity contribution in [2.45, 2.75) is 6.67 Å². The van der Waals surface area contributed by atoms with Crippen LogP contribution in [0.3, 0.4) is 0 Å². The van der Waals surface area contributed by atoms with Crippen molar-refractivity contribution in [1.82, 2.24) is 4.57 Å². The summed E-state index contributed by atoms with van der Waals surface area (Å²) in [6.45, 7) is 0.629. The third kappa shape index (κ3) is 3.17. The van der Waals surface area contributed by atoms with Crippen molar-refractivity contribution < 1.29 is 19.0 Å². The van der Waals surface area contributed by atoms with E-state index in [0.717, 1.165) is 16.9 Å². The zero-order chi connectivity index (χ0) is 23.3. The topological polar surface area (TPSA) is 85.6 Å². The Bertz CT molecular complexity index is 1430. The quantitative estimate of drug-likeness (QED) is 0.574. The molecule has 1 amide bonds. The molecule has 3 heterocycles. The fraction of sp³-hybridized carbons (Fsp3) is 0.261. The molecule has 2 aliphatic rings. The molecular weight excluding hydrogens is 444 g/mol. The fourth-order valence-electron chi connectivity index (χ4n) is 4.16. The van der Waals surface area contributed by atoms with E-state index in [1.807, 2.05) is 41.3 Å². The number of nitrogens with zero attached hydrogens (tertiary/aromatic N) is 4. The minimum absolute atomic E-state index is 0.186. The predicted molar refractivity (Wildman–Crippen MR) is 125 cm³/mol. The van der Waals surface area contributed by atoms with Crippen molar-refractivity contribution in [3.63, 3.8) is 0 Å². The third-order valence-electron chi connectivity index (χ3n) is 5.85. The van der Waals surface area contributed by atoms with E-state index >= 15 is 0 Å². The lowest BCUT2D eigenvalue weighted by atomic mass is 10.1. The monoisotopic (exact) mass is 466 g/mol. The highest BCUT2D eigenvalue weighted by Crippen LogP contribution is 2.41. The first-order valence-corrected chi connectivity index (χ1v) is 11.0. The van der Waals surface area contributed by atoms with Gasteiger partial charge in [0.15, 0.2) is 16.3 Å². The van der Waals surface area contributed by atoms with E-state index in [9.17, 15) is 9.59 Å². The summed E-state index contributed by atoms with van der Waals surface area (Å²) in [6, 6.07) is 11.1. The van der Waals surface area contributed by atoms with Crippen LogP contribution in [0, 0.1) is 0 Å². The lowest BCUT2D eigenvalue weighted by Crippen LogP contribution is -2.43. The summed E-state index contributed by atoms with van der Waals surface area (Å²) >= 11 is 1.25. The van der Waals surface area contributed by atoms with Crippen LogP contribution in [0.5, 0.6) is 17.2 Å². The van der Waals surface area contributed by atoms with Crippen molar-refractivity contribution >= 4 is 34.2 Å². The molecule has 170 valence electrons. The van der Waals surface area contributed by atoms with Gasteiger partial charge in [0, 0.05) is 30.4 Å². The molecule has 0 N–H and O–H groups in total. The van der Waals surface area contributed by atoms with Gasteiger partial charge in [-0.3, -0.25) is 14.2 Å². The number of carbonyl (C=O) groups excluding carboxylic acids is 1. The molecule has 33 heavy (non-hydrogen) atoms. The molecule has 3 aromatic rings. The Morgan fingerprint density at radius 3 is 2.36 bits per heavy atom. The standard InChI is InChI=1S/C23H22N4O5S/c1-25-15-8-6-5-7-14(15)18(21(25)28)20-22(29)27-12-26(11-24-23(27)33-20)13-9-16(30-2)19(32-4)17(10-13)31-3/h5-10H,11-12H2,1-4H3/b20-18-. The van der Waals surface area contributed by atoms with Crippen molar-refractivity contribution in [3.05, 3.63) is 61.6 Å². The van der Waals surface area contributed by atoms with Gasteiger partial charge in [0.2, 0.25) is 5.75 Å². The Kier molecular flexibility index (Phi) is 5.09. The summed E-state index contributed by atoms with van der Waals surface area (Å²) < 4.78 is 18.3. The molecule has 0 bridgehead atoms. The van der Waals surface area contributed by atoms with Gasteiger partial charge in [0.25, 0.3) is 11.5 Å². The van der Waals surface area contributed by atoms with Crippen molar-refractivity contribution in [2.75, 3.05) is 44.8 Å². The van der Waals surface area contributed by atoms with Crippen molar-refractivity contribution in [2.24, 2.45) is 4.99 Å². The number of thiazole rings is 1. The van der Waals surface area contributed by atoms with E-state index in [1.54, 1.807) is 37.8 Å². The maximum absolute atomic E-state index is 13.4. The highest BCUT2D eigenvalue weighted by atomic mass is 32.1. The molecule has 2 aromatic carbocycles. The van der Waals surface area contributed by atoms with Gasteiger partial charge in [-0.05, 0) is 6.07 Å². The molecule has 0 radical (unpaired) electrons. The summed E-state index contributed by atoms with van der Waals surface area (Å²) in [4.78, 5) is 35.1. The van der Waals surface area contributed by atoms with Crippen LogP contribution in [-0.2, 0) is 11.5 Å². The van der Waals surface area contributed by atoms with Crippen LogP contribution in [0.4, 0.5) is 11.4 Å². The van der Waals surface area contributed by atoms with Gasteiger partial charge in [-0.15, -0.1) is 0 Å². The lowest BCUT2D eigenvalue weighted by molar-refractivity contribution is -0.112. The molecule has 0 saturated heterocycles. The predicted octanol–water partition coefficient (Wildman–Crippen LogP) is 1.17. The number of hydrogen-bond acceptors (Lipinski definition) is 8. The Balaban J connectivity index is 1.61. The van der Waals surface area contributed by atoms with Gasteiger partial charge in [-0.1, -0.05) is 29.5 Å². The minimum Gasteiger partial charge on any atom is -0.493 e. The molecule has 0 aliphatic carbocycles. The number of carbonyl (C=O) groups is 1. The van der Waals surface area contributed by atoms with Gasteiger partial charge in [-0.25, -0.2) is 4.99 Å². The fourth-order valence-corrected chi connectivity index (χ4v) is 5.22. The van der Waals surface area contributed by atoms with Gasteiger partial charge in [0.1, 0.15) is 17.9 Å². The maximum Gasteiger partial charge on any atom is 0.272 e. The average Bonchev–Trinajstić information content (AvgIpc) is 3.30. The Morgan fingerprint density at radius 1 is 1.00 bits per heavy atom. The molecule has 0 fully saturated rings. The normalized spacial score (nSPS) is 16.3. The minimum atomic E-state index is -0.232. The number of amides is 1. The maximum atomic E-state index is 13.4. The van der Waals surface area contributed by atoms with E-state index < -0.39 is 0 Å². The van der Waals surface area contributed by atoms with E-state index in [4.69, 9.17) is 14.2 Å². The van der Waals surface area contributed by atoms with Crippen LogP contribution in [-0.4, -0.2) is 45.5 Å². The zero-order valence-electron chi connectivity index (χ0n) is 18.6. The summed E-state index contributed by atoms with van der Waals surface area (Å²) in [6.07, 6.45) is 0. The molecule has 0 saturated carbocycles. The summed E-state index contributed by atoms with van der Waals surface area (Å²) in [5.74, 6) is 1.34. The van der Waals surface area contributed by atoms with Crippen molar-refractivity contribution in [3.8, 4) is 17.2 Å². The number of ether oxygens (including phenoxy) is 3. The molecular formula is C23H22N4O5S. The number of anilines is 2. The van der Waals surface area contributed by atoms with Crippen molar-refractivity contribution in [1.29, 1.82) is 0 Å². The third-order valence-corrected chi connectivity index (χ3v) is 6.96. The number of para-hydroxylation sites is 1. The number of fused-ring (bicyclic) bond motifs is 2. The second kappa shape index (κ2) is 7.96. The van der Waals surface area contributed by atoms with E-state index in [0.29, 0.717) is 38.8 Å². The molecule has 9 nitrogen and oxygen atoms in total. The molecule has 0 unspecified atom stereocenters. The SMILES string of the molecule is COc1cc(N2CN=c3s/c(=C4\C(=O)N(C)c5ccccc54)c(=O)n3C2)cc(OC)c1OC. The van der Waals surface area contributed by atoms with E-state index in [-0.39, 0.29) is 18.1 Å². The first-order chi connectivity index (χ1) is 16.0. The summed E-state index contributed by atoms with van der Waals surface area (Å²) in [5.41, 5.74) is 2.53. The number of aromatic nitrogens is 1. The van der Waals surface area contributed by atoms with Crippen LogP contribution in [0.2, 0.25) is 0 Å². The Labute approximate surface area is 193 Å². The largest absolute Gasteiger partial charge is 0.493 e. The van der Waals surface area contributed by atoms with Gasteiger partial charge < -0.3 is 24.0 Å². The zero-order valence-corrected chi connectivity index (χ0v) is 19.4. The van der Waals surface area contributed by atoms with E-state index in [2.05, 4.69) is 4.99 Å². The van der Waals surface area contributed by atoms with Crippen LogP contribution in [0.15, 0.2) is 46.2 Å². The summed E-state index contributed by atoms with van der Waals surface area (Å²) in [5, 5.41) is 0. The summed E-state index contributed by atoms with van der Waals surface area (Å²) in [7, 11) is 6.38. The van der Waals surface area contributed by atoms with E-state index in [1.165, 1.54) is 11.3 Å². The molecule has 1 aromatic heterocycles. The molecule has 0 spiro atoms. The van der Waals surface area contributed by atoms with Crippen LogP contribution in [0.1, 0.15) is 5.56 Å². The highest BCUT2D eigenvalue weighted by Gasteiger charge is 2.32. The van der Waals surface area contributed by atoms with Gasteiger partial charge >= 0.3 is 0 Å². The number of rotatable bonds is 4. The molecule has 5 rings (SSSR count). The average molecular weight is 467 g/mol. The second-order valence-electron chi connectivity index (χ2n) is 7.57. The number of hydrogen-bond donors (Lipinski definition) is 0. The number of likely N-dealkylation sites (N-methyl/N-ethyl adjacent to an activating group) is 1. The van der Waals surface area contributed by atoms with Crippen LogP contribution >= 0.6 is 11.3 Å². The Hall–Kier alpha value is -3.79. The van der Waals surface area contributed by atoms with Gasteiger partial charge in [0.05, 0.1) is 32.6 Å². The smallest absolute Gasteiger partial charge is 0.272 e. The second-order valence-corrected chi connectivity index (χ2v) is 8.55. The molecule has 0 atom stereocenters. The molecule has 10 heteroatoms. The number of benzene rings is 2. The highest BCUT2D eigenvalue weighted by molar-refractivity contribution is 7.07. The lowest BCUT2D eigenvalue weighted by Gasteiger charge is -2.27. The molecule has 2 aliphatic heterocycles.